The largest absolute Gasteiger partial charge is 0.489 e. The second kappa shape index (κ2) is 22.2. The fraction of sp³-hybridized carbons (Fsp3) is 0.333. The molecule has 2 heterocycles. The van der Waals surface area contributed by atoms with Gasteiger partial charge in [-0.05, 0) is 149 Å². The fourth-order valence-electron chi connectivity index (χ4n) is 9.85. The molecular formula is C54H56Cl2F4N4O2. The number of para-hydroxylation sites is 2. The third kappa shape index (κ3) is 10.8. The molecule has 0 aliphatic carbocycles. The van der Waals surface area contributed by atoms with Crippen LogP contribution in [0.1, 0.15) is 47.9 Å². The monoisotopic (exact) mass is 938 g/mol. The Labute approximate surface area is 395 Å². The van der Waals surface area contributed by atoms with E-state index in [1.165, 1.54) is 24.3 Å². The normalized spacial score (nSPS) is 17.2. The summed E-state index contributed by atoms with van der Waals surface area (Å²) in [7, 11) is 0. The average Bonchev–Trinajstić information content (AvgIpc) is 3.33. The molecule has 0 saturated carbocycles. The number of nitrogens with zero attached hydrogens (tertiary/aromatic N) is 2. The van der Waals surface area contributed by atoms with Crippen LogP contribution in [0, 0.1) is 35.1 Å². The van der Waals surface area contributed by atoms with E-state index in [1.807, 2.05) is 36.4 Å². The summed E-state index contributed by atoms with van der Waals surface area (Å²) in [6.45, 7) is 6.13. The maximum Gasteiger partial charge on any atom is 0.165 e. The fourth-order valence-corrected chi connectivity index (χ4v) is 10.1. The number of piperidine rings is 2. The van der Waals surface area contributed by atoms with Crippen LogP contribution < -0.4 is 20.1 Å². The van der Waals surface area contributed by atoms with E-state index in [2.05, 4.69) is 20.4 Å². The van der Waals surface area contributed by atoms with Gasteiger partial charge in [-0.1, -0.05) is 108 Å². The van der Waals surface area contributed by atoms with Crippen LogP contribution in [0.15, 0.2) is 146 Å². The number of ether oxygens (including phenoxy) is 2. The van der Waals surface area contributed by atoms with Gasteiger partial charge in [0.05, 0.1) is 11.1 Å². The highest BCUT2D eigenvalue weighted by molar-refractivity contribution is 6.30. The molecule has 8 rings (SSSR count). The van der Waals surface area contributed by atoms with Crippen LogP contribution in [0.3, 0.4) is 0 Å². The van der Waals surface area contributed by atoms with E-state index in [0.717, 1.165) is 51.9 Å². The number of rotatable bonds is 19. The van der Waals surface area contributed by atoms with E-state index >= 15 is 8.78 Å². The van der Waals surface area contributed by atoms with E-state index in [4.69, 9.17) is 32.7 Å². The van der Waals surface area contributed by atoms with E-state index < -0.39 is 22.7 Å². The molecule has 2 aliphatic rings. The summed E-state index contributed by atoms with van der Waals surface area (Å²) < 4.78 is 74.5. The van der Waals surface area contributed by atoms with Gasteiger partial charge in [-0.25, -0.2) is 17.6 Å². The highest BCUT2D eigenvalue weighted by Crippen LogP contribution is 2.52. The minimum Gasteiger partial charge on any atom is -0.489 e. The maximum atomic E-state index is 17.2. The number of hydrogen-bond donors (Lipinski definition) is 2. The molecule has 66 heavy (non-hydrogen) atoms. The van der Waals surface area contributed by atoms with Gasteiger partial charge in [-0.2, -0.15) is 0 Å². The third-order valence-electron chi connectivity index (χ3n) is 13.4. The van der Waals surface area contributed by atoms with E-state index in [9.17, 15) is 8.78 Å². The van der Waals surface area contributed by atoms with Gasteiger partial charge in [-0.3, -0.25) is 9.80 Å². The summed E-state index contributed by atoms with van der Waals surface area (Å²) in [6, 6.07) is 41.2. The van der Waals surface area contributed by atoms with Crippen molar-refractivity contribution in [2.45, 2.75) is 36.8 Å². The molecule has 2 N–H and O–H groups in total. The molecule has 2 saturated heterocycles. The highest BCUT2D eigenvalue weighted by Gasteiger charge is 2.58. The van der Waals surface area contributed by atoms with Crippen molar-refractivity contribution in [1.29, 1.82) is 0 Å². The smallest absolute Gasteiger partial charge is 0.165 e. The quantitative estimate of drug-likeness (QED) is 0.0789. The predicted molar refractivity (Wildman–Crippen MR) is 255 cm³/mol. The van der Waals surface area contributed by atoms with Gasteiger partial charge >= 0.3 is 0 Å². The van der Waals surface area contributed by atoms with Crippen molar-refractivity contribution in [3.8, 4) is 11.5 Å². The van der Waals surface area contributed by atoms with Crippen molar-refractivity contribution in [1.82, 2.24) is 20.4 Å². The van der Waals surface area contributed by atoms with Crippen LogP contribution in [-0.2, 0) is 11.1 Å². The number of halogens is 6. The molecule has 6 aromatic rings. The van der Waals surface area contributed by atoms with Crippen LogP contribution in [0.25, 0.3) is 0 Å². The molecule has 1 unspecified atom stereocenters. The molecule has 12 heteroatoms. The average molecular weight is 940 g/mol. The molecule has 0 bridgehead atoms. The second-order valence-corrected chi connectivity index (χ2v) is 18.2. The minimum atomic E-state index is -1.49. The van der Waals surface area contributed by atoms with Crippen LogP contribution >= 0.6 is 23.2 Å². The Balaban J connectivity index is 1.13. The molecule has 6 aromatic carbocycles. The van der Waals surface area contributed by atoms with Gasteiger partial charge in [0.25, 0.3) is 0 Å². The predicted octanol–water partition coefficient (Wildman–Crippen LogP) is 11.5. The topological polar surface area (TPSA) is 49.0 Å². The zero-order valence-electron chi connectivity index (χ0n) is 36.9. The standard InChI is InChI=1S/C54H56Cl2F4N4O2/c55-43-21-17-41(18-22-43)53(45-9-1-3-11-47(45)57,61-37-39-25-29-63(30-26-39)33-35-65-51-15-7-5-13-49(51)59)54(42-19-23-44(56)24-20-42,46-10-2-4-12-48(46)58)62-38-40-27-31-64(32-28-40)34-36-66-52-16-8-6-14-50(52)60/h1-24,39-40,61-62H,25-38H2/t53-,54?/m1/s1. The zero-order chi connectivity index (χ0) is 45.9. The van der Waals surface area contributed by atoms with Crippen molar-refractivity contribution in [3.63, 3.8) is 0 Å². The number of likely N-dealkylation sites (tertiary alicyclic amines) is 2. The molecule has 0 radical (unpaired) electrons. The molecule has 0 aromatic heterocycles. The second-order valence-electron chi connectivity index (χ2n) is 17.4. The van der Waals surface area contributed by atoms with E-state index in [-0.39, 0.29) is 35.0 Å². The lowest BCUT2D eigenvalue weighted by Gasteiger charge is -2.54. The molecule has 0 amide bonds. The molecule has 346 valence electrons. The summed E-state index contributed by atoms with van der Waals surface area (Å²) in [5.74, 6) is -0.850. The van der Waals surface area contributed by atoms with E-state index in [0.29, 0.717) is 71.7 Å². The van der Waals surface area contributed by atoms with Crippen molar-refractivity contribution >= 4 is 23.2 Å². The molecule has 2 atom stereocenters. The first kappa shape index (κ1) is 47.5. The van der Waals surface area contributed by atoms with Crippen LogP contribution in [0.4, 0.5) is 17.6 Å². The number of benzene rings is 6. The first-order valence-electron chi connectivity index (χ1n) is 22.9. The van der Waals surface area contributed by atoms with Gasteiger partial charge < -0.3 is 20.1 Å². The highest BCUT2D eigenvalue weighted by atomic mass is 35.5. The summed E-state index contributed by atoms with van der Waals surface area (Å²) >= 11 is 13.2. The Kier molecular flexibility index (Phi) is 16.0. The molecule has 2 aliphatic heterocycles. The Bertz CT molecular complexity index is 2310. The summed E-state index contributed by atoms with van der Waals surface area (Å²) in [5, 5.41) is 9.05. The number of nitrogens with one attached hydrogen (secondary N) is 2. The minimum absolute atomic E-state index is 0.169. The molecule has 0 spiro atoms. The van der Waals surface area contributed by atoms with Crippen LogP contribution in [0.2, 0.25) is 10.0 Å². The van der Waals surface area contributed by atoms with Gasteiger partial charge in [0.2, 0.25) is 0 Å². The summed E-state index contributed by atoms with van der Waals surface area (Å²) in [5.41, 5.74) is -0.927. The lowest BCUT2D eigenvalue weighted by molar-refractivity contribution is 0.123. The Morgan fingerprint density at radius 2 is 0.788 bits per heavy atom. The first-order valence-corrected chi connectivity index (χ1v) is 23.6. The summed E-state index contributed by atoms with van der Waals surface area (Å²) in [6.07, 6.45) is 3.36. The van der Waals surface area contributed by atoms with Crippen molar-refractivity contribution < 1.29 is 27.0 Å². The molecule has 6 nitrogen and oxygen atoms in total. The van der Waals surface area contributed by atoms with Crippen molar-refractivity contribution in [2.24, 2.45) is 11.8 Å². The van der Waals surface area contributed by atoms with Crippen molar-refractivity contribution in [3.05, 3.63) is 201 Å². The van der Waals surface area contributed by atoms with Crippen molar-refractivity contribution in [2.75, 3.05) is 65.6 Å². The SMILES string of the molecule is Fc1ccccc1OCCN1CCC(CNC(c2ccc(Cl)cc2)(c2ccccc2F)[C@@](NCC2CCN(CCOc3ccccc3F)CC2)(c2ccc(Cl)cc2)c2ccccc2F)CC1. The molecule has 2 fully saturated rings. The zero-order valence-corrected chi connectivity index (χ0v) is 38.4. The lowest BCUT2D eigenvalue weighted by Crippen LogP contribution is -2.68. The van der Waals surface area contributed by atoms with Gasteiger partial charge in [0, 0.05) is 34.3 Å². The first-order chi connectivity index (χ1) is 32.2. The van der Waals surface area contributed by atoms with Gasteiger partial charge in [0.1, 0.15) is 24.8 Å². The van der Waals surface area contributed by atoms with E-state index in [1.54, 1.807) is 84.9 Å². The van der Waals surface area contributed by atoms with Crippen LogP contribution in [-0.4, -0.2) is 75.4 Å². The lowest BCUT2D eigenvalue weighted by atomic mass is 9.60. The van der Waals surface area contributed by atoms with Gasteiger partial charge in [-0.15, -0.1) is 0 Å². The Morgan fingerprint density at radius 1 is 0.455 bits per heavy atom. The summed E-state index contributed by atoms with van der Waals surface area (Å²) in [4.78, 5) is 4.64. The van der Waals surface area contributed by atoms with Crippen LogP contribution in [0.5, 0.6) is 11.5 Å². The Morgan fingerprint density at radius 3 is 1.14 bits per heavy atom. The third-order valence-corrected chi connectivity index (χ3v) is 13.9. The maximum absolute atomic E-state index is 17.2. The number of hydrogen-bond acceptors (Lipinski definition) is 6. The van der Waals surface area contributed by atoms with Gasteiger partial charge in [0.15, 0.2) is 23.1 Å². The molecular weight excluding hydrogens is 884 g/mol. The Hall–Kier alpha value is -4.94.